The van der Waals surface area contributed by atoms with Crippen molar-refractivity contribution in [2.45, 2.75) is 30.8 Å². The van der Waals surface area contributed by atoms with Crippen LogP contribution >= 0.6 is 0 Å². The molecule has 52 heavy (non-hydrogen) atoms. The van der Waals surface area contributed by atoms with Gasteiger partial charge in [0.05, 0.1) is 5.41 Å². The first-order valence-electron chi connectivity index (χ1n) is 18.1. The summed E-state index contributed by atoms with van der Waals surface area (Å²) in [6, 6.07) is 63.8. The normalized spacial score (nSPS) is 17.2. The van der Waals surface area contributed by atoms with Gasteiger partial charge in [0.15, 0.2) is 6.17 Å². The van der Waals surface area contributed by atoms with E-state index in [1.807, 2.05) is 36.4 Å². The number of hydrogen-bond acceptors (Lipinski definition) is 3. The molecule has 248 valence electrons. The van der Waals surface area contributed by atoms with Gasteiger partial charge in [0.1, 0.15) is 11.7 Å². The van der Waals surface area contributed by atoms with Crippen molar-refractivity contribution in [3.05, 3.63) is 226 Å². The number of fused-ring (bicyclic) bond motifs is 9. The van der Waals surface area contributed by atoms with Crippen LogP contribution < -0.4 is 5.32 Å². The highest BCUT2D eigenvalue weighted by molar-refractivity contribution is 6.16. The first-order valence-corrected chi connectivity index (χ1v) is 18.1. The highest BCUT2D eigenvalue weighted by atomic mass is 15.2. The Hall–Kier alpha value is -6.32. The minimum absolute atomic E-state index is 0.107. The molecule has 0 saturated carbocycles. The van der Waals surface area contributed by atoms with Gasteiger partial charge in [0.25, 0.3) is 0 Å². The van der Waals surface area contributed by atoms with Crippen LogP contribution in [0.3, 0.4) is 0 Å². The Morgan fingerprint density at radius 1 is 0.404 bits per heavy atom. The molecule has 0 bridgehead atoms. The topological polar surface area (TPSA) is 36.8 Å². The molecule has 7 aromatic rings. The van der Waals surface area contributed by atoms with Crippen LogP contribution in [0, 0.1) is 0 Å². The van der Waals surface area contributed by atoms with E-state index in [9.17, 15) is 0 Å². The van der Waals surface area contributed by atoms with Gasteiger partial charge >= 0.3 is 0 Å². The average molecular weight is 668 g/mol. The van der Waals surface area contributed by atoms with Gasteiger partial charge in [-0.25, -0.2) is 9.98 Å². The van der Waals surface area contributed by atoms with Crippen LogP contribution in [0.25, 0.3) is 22.3 Å². The molecule has 1 N–H and O–H groups in total. The van der Waals surface area contributed by atoms with Crippen molar-refractivity contribution < 1.29 is 0 Å². The van der Waals surface area contributed by atoms with Crippen molar-refractivity contribution >= 4 is 11.7 Å². The third kappa shape index (κ3) is 4.45. The maximum atomic E-state index is 5.09. The summed E-state index contributed by atoms with van der Waals surface area (Å²) in [5.74, 6) is 1.64. The number of benzene rings is 7. The third-order valence-corrected chi connectivity index (χ3v) is 11.4. The molecule has 0 amide bonds. The lowest BCUT2D eigenvalue weighted by molar-refractivity contribution is 0.563. The summed E-state index contributed by atoms with van der Waals surface area (Å²) in [5.41, 5.74) is 15.9. The fraction of sp³-hybridized carbons (Fsp3) is 0.102. The maximum Gasteiger partial charge on any atom is 0.169 e. The Kier molecular flexibility index (Phi) is 6.81. The monoisotopic (exact) mass is 667 g/mol. The minimum Gasteiger partial charge on any atom is -0.324 e. The van der Waals surface area contributed by atoms with Gasteiger partial charge in [-0.2, -0.15) is 0 Å². The van der Waals surface area contributed by atoms with Crippen molar-refractivity contribution in [2.24, 2.45) is 9.98 Å². The number of nitrogens with zero attached hydrogens (tertiary/aromatic N) is 2. The van der Waals surface area contributed by atoms with E-state index in [1.165, 1.54) is 55.6 Å². The summed E-state index contributed by atoms with van der Waals surface area (Å²) in [5, 5.41) is 3.54. The molecule has 1 aliphatic heterocycles. The van der Waals surface area contributed by atoms with Gasteiger partial charge in [-0.1, -0.05) is 184 Å². The lowest BCUT2D eigenvalue weighted by Gasteiger charge is -2.46. The second kappa shape index (κ2) is 11.6. The van der Waals surface area contributed by atoms with E-state index in [1.54, 1.807) is 0 Å². The van der Waals surface area contributed by atoms with Gasteiger partial charge < -0.3 is 5.32 Å². The van der Waals surface area contributed by atoms with Crippen LogP contribution in [0.1, 0.15) is 70.1 Å². The summed E-state index contributed by atoms with van der Waals surface area (Å²) in [4.78, 5) is 10.1. The predicted octanol–water partition coefficient (Wildman–Crippen LogP) is 10.9. The van der Waals surface area contributed by atoms with Crippen molar-refractivity contribution in [1.82, 2.24) is 5.32 Å². The second-order valence-electron chi connectivity index (χ2n) is 14.6. The summed E-state index contributed by atoms with van der Waals surface area (Å²) < 4.78 is 0. The Balaban J connectivity index is 1.07. The Morgan fingerprint density at radius 3 is 1.50 bits per heavy atom. The zero-order valence-electron chi connectivity index (χ0n) is 29.2. The van der Waals surface area contributed by atoms with Crippen LogP contribution in [0.2, 0.25) is 0 Å². The van der Waals surface area contributed by atoms with Crippen LogP contribution in [0.4, 0.5) is 0 Å². The van der Waals surface area contributed by atoms with E-state index in [4.69, 9.17) is 9.98 Å². The van der Waals surface area contributed by atoms with Crippen molar-refractivity contribution in [2.75, 3.05) is 0 Å². The van der Waals surface area contributed by atoms with E-state index >= 15 is 0 Å². The van der Waals surface area contributed by atoms with E-state index in [-0.39, 0.29) is 17.0 Å². The molecule has 1 heterocycles. The molecule has 0 aromatic heterocycles. The number of hydrogen-bond donors (Lipinski definition) is 1. The molecule has 7 aromatic carbocycles. The third-order valence-electron chi connectivity index (χ3n) is 11.4. The molecule has 0 saturated heterocycles. The molecule has 10 rings (SSSR count). The van der Waals surface area contributed by atoms with E-state index in [0.29, 0.717) is 0 Å². The van der Waals surface area contributed by atoms with E-state index in [0.717, 1.165) is 28.4 Å². The SMILES string of the molecule is CC1(C)c2ccccc2C2(c3ccccc3-c3cc(-c4ccc(C5=NC(c6ccccc6)N=C(c6ccccc6)N5)cc4)ccc32)c2ccccc21. The molecule has 0 radical (unpaired) electrons. The molecule has 1 unspecified atom stereocenters. The van der Waals surface area contributed by atoms with Gasteiger partial charge in [-0.15, -0.1) is 0 Å². The highest BCUT2D eigenvalue weighted by Crippen LogP contribution is 2.62. The van der Waals surface area contributed by atoms with E-state index < -0.39 is 0 Å². The standard InChI is InChI=1S/C49H37N3/c1-48(2)41-21-11-13-23-43(41)49(44-24-14-12-22-42(44)48)39-20-10-9-19-37(39)38-31-36(29-30-40(38)49)32-25-27-35(28-26-32)47-51-45(33-15-5-3-6-16-33)50-46(52-47)34-17-7-4-8-18-34/h3-31,45H,1-2H3,(H,50,51,52). The number of nitrogens with one attached hydrogen (secondary N) is 1. The van der Waals surface area contributed by atoms with E-state index in [2.05, 4.69) is 159 Å². The molecular weight excluding hydrogens is 631 g/mol. The summed E-state index contributed by atoms with van der Waals surface area (Å²) in [6.07, 6.45) is -0.322. The summed E-state index contributed by atoms with van der Waals surface area (Å²) >= 11 is 0. The van der Waals surface area contributed by atoms with Gasteiger partial charge in [-0.05, 0) is 67.3 Å². The smallest absolute Gasteiger partial charge is 0.169 e. The zero-order chi connectivity index (χ0) is 34.9. The largest absolute Gasteiger partial charge is 0.324 e. The molecular formula is C49H37N3. The summed E-state index contributed by atoms with van der Waals surface area (Å²) in [7, 11) is 0. The minimum atomic E-state index is -0.380. The van der Waals surface area contributed by atoms with Gasteiger partial charge in [-0.3, -0.25) is 0 Å². The Bertz CT molecular complexity index is 2510. The number of rotatable bonds is 4. The van der Waals surface area contributed by atoms with Crippen LogP contribution in [0.15, 0.2) is 186 Å². The van der Waals surface area contributed by atoms with Crippen LogP contribution in [-0.2, 0) is 10.8 Å². The van der Waals surface area contributed by atoms with Crippen molar-refractivity contribution in [1.29, 1.82) is 0 Å². The second-order valence-corrected chi connectivity index (χ2v) is 14.6. The first kappa shape index (κ1) is 30.5. The highest BCUT2D eigenvalue weighted by Gasteiger charge is 2.53. The molecule has 1 atom stereocenters. The van der Waals surface area contributed by atoms with Gasteiger partial charge in [0.2, 0.25) is 0 Å². The Labute approximate surface area is 305 Å². The average Bonchev–Trinajstić information content (AvgIpc) is 3.51. The Morgan fingerprint density at radius 2 is 0.865 bits per heavy atom. The predicted molar refractivity (Wildman–Crippen MR) is 213 cm³/mol. The number of amidine groups is 2. The van der Waals surface area contributed by atoms with Gasteiger partial charge in [0, 0.05) is 16.5 Å². The molecule has 1 spiro atoms. The quantitative estimate of drug-likeness (QED) is 0.199. The number of aliphatic imine (C=N–C) groups is 2. The maximum absolute atomic E-state index is 5.09. The molecule has 3 heteroatoms. The lowest BCUT2D eigenvalue weighted by atomic mass is 9.55. The molecule has 3 aliphatic rings. The van der Waals surface area contributed by atoms with Crippen LogP contribution in [0.5, 0.6) is 0 Å². The van der Waals surface area contributed by atoms with Crippen molar-refractivity contribution in [3.8, 4) is 22.3 Å². The first-order chi connectivity index (χ1) is 25.5. The molecule has 2 aliphatic carbocycles. The fourth-order valence-electron chi connectivity index (χ4n) is 8.98. The summed E-state index contributed by atoms with van der Waals surface area (Å²) in [6.45, 7) is 4.75. The lowest BCUT2D eigenvalue weighted by Crippen LogP contribution is -2.40. The molecule has 0 fully saturated rings. The van der Waals surface area contributed by atoms with Crippen molar-refractivity contribution in [3.63, 3.8) is 0 Å². The molecule has 3 nitrogen and oxygen atoms in total. The van der Waals surface area contributed by atoms with Crippen LogP contribution in [-0.4, -0.2) is 11.7 Å². The fourth-order valence-corrected chi connectivity index (χ4v) is 8.98. The zero-order valence-corrected chi connectivity index (χ0v) is 29.2.